The molecule has 1 fully saturated rings. The highest BCUT2D eigenvalue weighted by Gasteiger charge is 2.27. The number of rotatable bonds is 11. The van der Waals surface area contributed by atoms with Crippen LogP contribution in [0.4, 0.5) is 5.69 Å². The molecule has 0 spiro atoms. The molecule has 0 atom stereocenters. The molecular formula is C25H31BrN4O5S. The normalized spacial score (nSPS) is 14.5. The van der Waals surface area contributed by atoms with Gasteiger partial charge in [-0.25, -0.2) is 8.42 Å². The van der Waals surface area contributed by atoms with E-state index in [1.807, 2.05) is 6.07 Å². The molecule has 194 valence electrons. The van der Waals surface area contributed by atoms with Crippen molar-refractivity contribution in [1.82, 2.24) is 5.32 Å². The van der Waals surface area contributed by atoms with Crippen LogP contribution in [0, 0.1) is 5.41 Å². The monoisotopic (exact) mass is 578 g/mol. The standard InChI is InChI=1S/C25H31BrN4O5S/c1-2-34-24(31)17-36(32,33)30(14-4-6-18-5-3-7-19(15-18)25(27)28)20-8-9-23(22(26)16-20)35-21-10-12-29-13-11-21/h3-9,15-16,21,29H,2,10-14,17H2,1H3,(H3,27,28). The molecule has 2 aromatic rings. The molecular weight excluding hydrogens is 548 g/mol. The van der Waals surface area contributed by atoms with Crippen LogP contribution in [-0.4, -0.2) is 58.3 Å². The van der Waals surface area contributed by atoms with Crippen molar-refractivity contribution in [3.63, 3.8) is 0 Å². The van der Waals surface area contributed by atoms with E-state index in [4.69, 9.17) is 20.6 Å². The highest BCUT2D eigenvalue weighted by Crippen LogP contribution is 2.32. The van der Waals surface area contributed by atoms with E-state index in [9.17, 15) is 13.2 Å². The number of sulfonamides is 1. The number of hydrogen-bond acceptors (Lipinski definition) is 7. The van der Waals surface area contributed by atoms with Gasteiger partial charge in [-0.3, -0.25) is 14.5 Å². The minimum absolute atomic E-state index is 0.0209. The van der Waals surface area contributed by atoms with Gasteiger partial charge in [0, 0.05) is 5.56 Å². The topological polar surface area (TPSA) is 135 Å². The lowest BCUT2D eigenvalue weighted by molar-refractivity contribution is -0.139. The van der Waals surface area contributed by atoms with Crippen molar-refractivity contribution in [3.8, 4) is 5.75 Å². The first-order chi connectivity index (χ1) is 17.2. The number of nitrogens with one attached hydrogen (secondary N) is 2. The number of ether oxygens (including phenoxy) is 2. The Morgan fingerprint density at radius 2 is 2.00 bits per heavy atom. The molecule has 9 nitrogen and oxygen atoms in total. The van der Waals surface area contributed by atoms with Gasteiger partial charge in [-0.05, 0) is 78.6 Å². The average molecular weight is 580 g/mol. The number of halogens is 1. The van der Waals surface area contributed by atoms with Gasteiger partial charge in [0.15, 0.2) is 5.75 Å². The molecule has 36 heavy (non-hydrogen) atoms. The van der Waals surface area contributed by atoms with Gasteiger partial charge in [0.2, 0.25) is 10.0 Å². The number of piperidine rings is 1. The lowest BCUT2D eigenvalue weighted by atomic mass is 10.1. The van der Waals surface area contributed by atoms with Crippen LogP contribution >= 0.6 is 15.9 Å². The molecule has 0 aromatic heterocycles. The number of benzene rings is 2. The van der Waals surface area contributed by atoms with Crippen LogP contribution in [-0.2, 0) is 19.6 Å². The molecule has 0 bridgehead atoms. The van der Waals surface area contributed by atoms with Crippen LogP contribution < -0.4 is 20.1 Å². The van der Waals surface area contributed by atoms with E-state index in [2.05, 4.69) is 21.2 Å². The summed E-state index contributed by atoms with van der Waals surface area (Å²) in [6.07, 6.45) is 5.29. The molecule has 1 aliphatic heterocycles. The Bertz CT molecular complexity index is 1210. The number of amidine groups is 1. The first-order valence-electron chi connectivity index (χ1n) is 11.6. The van der Waals surface area contributed by atoms with Gasteiger partial charge < -0.3 is 20.5 Å². The highest BCUT2D eigenvalue weighted by atomic mass is 79.9. The van der Waals surface area contributed by atoms with E-state index in [1.54, 1.807) is 55.5 Å². The Kier molecular flexibility index (Phi) is 9.91. The maximum absolute atomic E-state index is 13.2. The lowest BCUT2D eigenvalue weighted by Crippen LogP contribution is -2.36. The van der Waals surface area contributed by atoms with E-state index in [0.29, 0.717) is 21.5 Å². The van der Waals surface area contributed by atoms with Crippen molar-refractivity contribution < 1.29 is 22.7 Å². The highest BCUT2D eigenvalue weighted by molar-refractivity contribution is 9.10. The molecule has 0 saturated carbocycles. The smallest absolute Gasteiger partial charge is 0.323 e. The second kappa shape index (κ2) is 12.9. The van der Waals surface area contributed by atoms with Crippen molar-refractivity contribution in [2.75, 3.05) is 36.3 Å². The third kappa shape index (κ3) is 7.81. The van der Waals surface area contributed by atoms with E-state index in [0.717, 1.165) is 35.8 Å². The predicted octanol–water partition coefficient (Wildman–Crippen LogP) is 3.28. The summed E-state index contributed by atoms with van der Waals surface area (Å²) in [6.45, 7) is 3.48. The van der Waals surface area contributed by atoms with Gasteiger partial charge in [0.25, 0.3) is 0 Å². The molecule has 4 N–H and O–H groups in total. The maximum atomic E-state index is 13.2. The number of carbonyl (C=O) groups is 1. The second-order valence-corrected chi connectivity index (χ2v) is 11.0. The third-order valence-corrected chi connectivity index (χ3v) is 7.76. The van der Waals surface area contributed by atoms with Gasteiger partial charge >= 0.3 is 5.97 Å². The molecule has 1 heterocycles. The number of esters is 1. The quantitative estimate of drug-likeness (QED) is 0.211. The summed E-state index contributed by atoms with van der Waals surface area (Å²) in [4.78, 5) is 12.0. The van der Waals surface area contributed by atoms with E-state index < -0.39 is 21.7 Å². The number of nitrogen functional groups attached to an aromatic ring is 1. The van der Waals surface area contributed by atoms with Crippen molar-refractivity contribution in [1.29, 1.82) is 5.41 Å². The maximum Gasteiger partial charge on any atom is 0.323 e. The first-order valence-corrected chi connectivity index (χ1v) is 14.0. The van der Waals surface area contributed by atoms with Gasteiger partial charge in [-0.2, -0.15) is 0 Å². The zero-order valence-electron chi connectivity index (χ0n) is 20.1. The summed E-state index contributed by atoms with van der Waals surface area (Å²) in [5, 5.41) is 10.9. The Morgan fingerprint density at radius 1 is 1.25 bits per heavy atom. The van der Waals surface area contributed by atoms with Crippen LogP contribution in [0.2, 0.25) is 0 Å². The zero-order valence-corrected chi connectivity index (χ0v) is 22.5. The molecule has 0 unspecified atom stereocenters. The van der Waals surface area contributed by atoms with Gasteiger partial charge in [0.1, 0.15) is 17.7 Å². The van der Waals surface area contributed by atoms with Gasteiger partial charge in [-0.15, -0.1) is 0 Å². The second-order valence-electron chi connectivity index (χ2n) is 8.22. The Morgan fingerprint density at radius 3 is 2.67 bits per heavy atom. The molecule has 0 amide bonds. The van der Waals surface area contributed by atoms with Crippen LogP contribution in [0.25, 0.3) is 6.08 Å². The SMILES string of the molecule is CCOC(=O)CS(=O)(=O)N(CC=Cc1cccc(C(=N)N)c1)c1ccc(OC2CCNCC2)c(Br)c1. The zero-order chi connectivity index (χ0) is 26.1. The van der Waals surface area contributed by atoms with Gasteiger partial charge in [-0.1, -0.05) is 30.4 Å². The Labute approximate surface area is 220 Å². The van der Waals surface area contributed by atoms with Gasteiger partial charge in [0.05, 0.1) is 23.3 Å². The largest absolute Gasteiger partial charge is 0.489 e. The van der Waals surface area contributed by atoms with E-state index in [1.165, 1.54) is 0 Å². The number of carbonyl (C=O) groups excluding carboxylic acids is 1. The molecule has 3 rings (SSSR count). The number of anilines is 1. The summed E-state index contributed by atoms with van der Waals surface area (Å²) >= 11 is 3.51. The third-order valence-electron chi connectivity index (χ3n) is 5.50. The lowest BCUT2D eigenvalue weighted by Gasteiger charge is -2.26. The molecule has 0 radical (unpaired) electrons. The van der Waals surface area contributed by atoms with E-state index in [-0.39, 0.29) is 25.1 Å². The van der Waals surface area contributed by atoms with Crippen LogP contribution in [0.15, 0.2) is 53.0 Å². The minimum Gasteiger partial charge on any atom is -0.489 e. The molecule has 0 aliphatic carbocycles. The van der Waals surface area contributed by atoms with Crippen molar-refractivity contribution in [3.05, 3.63) is 64.1 Å². The fourth-order valence-corrected chi connectivity index (χ4v) is 5.48. The van der Waals surface area contributed by atoms with Crippen molar-refractivity contribution in [2.45, 2.75) is 25.9 Å². The molecule has 1 saturated heterocycles. The van der Waals surface area contributed by atoms with Crippen molar-refractivity contribution in [2.24, 2.45) is 5.73 Å². The Balaban J connectivity index is 1.85. The number of nitrogens with two attached hydrogens (primary N) is 1. The Hall–Kier alpha value is -2.89. The number of nitrogens with zero attached hydrogens (tertiary/aromatic N) is 1. The van der Waals surface area contributed by atoms with Crippen LogP contribution in [0.1, 0.15) is 30.9 Å². The average Bonchev–Trinajstić information content (AvgIpc) is 2.83. The fourth-order valence-electron chi connectivity index (χ4n) is 3.74. The summed E-state index contributed by atoms with van der Waals surface area (Å²) in [5.41, 5.74) is 7.27. The molecule has 2 aromatic carbocycles. The minimum atomic E-state index is -4.05. The first kappa shape index (κ1) is 27.7. The van der Waals surface area contributed by atoms with E-state index >= 15 is 0 Å². The molecule has 1 aliphatic rings. The van der Waals surface area contributed by atoms with Crippen LogP contribution in [0.5, 0.6) is 5.75 Å². The summed E-state index contributed by atoms with van der Waals surface area (Å²) < 4.78 is 39.2. The summed E-state index contributed by atoms with van der Waals surface area (Å²) in [6, 6.07) is 12.1. The summed E-state index contributed by atoms with van der Waals surface area (Å²) in [5.74, 6) is -1.02. The number of hydrogen-bond donors (Lipinski definition) is 3. The molecule has 11 heteroatoms. The fraction of sp³-hybridized carbons (Fsp3) is 0.360. The van der Waals surface area contributed by atoms with Crippen LogP contribution in [0.3, 0.4) is 0 Å². The predicted molar refractivity (Wildman–Crippen MR) is 145 cm³/mol. The van der Waals surface area contributed by atoms with Crippen molar-refractivity contribution >= 4 is 49.5 Å². The summed E-state index contributed by atoms with van der Waals surface area (Å²) in [7, 11) is -4.05.